The number of nitrogens with one attached hydrogen (secondary N) is 1. The number of ether oxygens (including phenoxy) is 1. The molecule has 1 saturated heterocycles. The van der Waals surface area contributed by atoms with E-state index in [1.807, 2.05) is 35.9 Å². The van der Waals surface area contributed by atoms with E-state index in [1.165, 1.54) is 9.87 Å². The molecule has 1 aromatic heterocycles. The summed E-state index contributed by atoms with van der Waals surface area (Å²) in [5.41, 5.74) is 3.43. The van der Waals surface area contributed by atoms with E-state index in [1.54, 1.807) is 18.2 Å². The van der Waals surface area contributed by atoms with Gasteiger partial charge in [-0.2, -0.15) is 4.31 Å². The maximum Gasteiger partial charge on any atom is 0.243 e. The monoisotopic (exact) mass is 456 g/mol. The molecule has 1 N–H and O–H groups in total. The van der Waals surface area contributed by atoms with Crippen LogP contribution in [0, 0.1) is 0 Å². The molecular formula is C23H28N4O4S. The van der Waals surface area contributed by atoms with Crippen molar-refractivity contribution in [3.63, 3.8) is 0 Å². The lowest BCUT2D eigenvalue weighted by Crippen LogP contribution is -2.40. The highest BCUT2D eigenvalue weighted by Crippen LogP contribution is 2.23. The molecule has 1 aliphatic rings. The van der Waals surface area contributed by atoms with Crippen LogP contribution in [0.4, 0.5) is 5.69 Å². The van der Waals surface area contributed by atoms with Crippen molar-refractivity contribution >= 4 is 32.7 Å². The third kappa shape index (κ3) is 4.69. The molecule has 0 atom stereocenters. The van der Waals surface area contributed by atoms with Crippen LogP contribution in [-0.2, 0) is 39.4 Å². The van der Waals surface area contributed by atoms with Crippen LogP contribution in [0.25, 0.3) is 11.0 Å². The number of aryl methyl sites for hydroxylation is 3. The van der Waals surface area contributed by atoms with Gasteiger partial charge in [-0.3, -0.25) is 4.79 Å². The van der Waals surface area contributed by atoms with Crippen LogP contribution < -0.4 is 5.32 Å². The molecule has 0 unspecified atom stereocenters. The molecule has 1 amide bonds. The number of aromatic nitrogens is 2. The Balaban J connectivity index is 1.46. The number of amides is 1. The average Bonchev–Trinajstić information content (AvgIpc) is 3.13. The lowest BCUT2D eigenvalue weighted by atomic mass is 10.1. The Hall–Kier alpha value is -2.75. The van der Waals surface area contributed by atoms with E-state index in [9.17, 15) is 13.2 Å². The second kappa shape index (κ2) is 9.40. The Kier molecular flexibility index (Phi) is 6.59. The van der Waals surface area contributed by atoms with Gasteiger partial charge in [-0.15, -0.1) is 0 Å². The molecule has 0 bridgehead atoms. The van der Waals surface area contributed by atoms with Gasteiger partial charge in [0.2, 0.25) is 15.9 Å². The number of fused-ring (bicyclic) bond motifs is 1. The number of anilines is 1. The predicted octanol–water partition coefficient (Wildman–Crippen LogP) is 2.73. The molecule has 3 aromatic rings. The largest absolute Gasteiger partial charge is 0.379 e. The van der Waals surface area contributed by atoms with Crippen LogP contribution in [0.1, 0.15) is 24.7 Å². The van der Waals surface area contributed by atoms with Crippen LogP contribution in [0.15, 0.2) is 47.4 Å². The zero-order valence-electron chi connectivity index (χ0n) is 18.4. The molecule has 0 spiro atoms. The SMILES string of the molecule is CCc1ccc(NC(=O)CCc2nc3cc(S(=O)(=O)N4CCOCC4)ccc3n2C)cc1. The highest BCUT2D eigenvalue weighted by Gasteiger charge is 2.27. The molecule has 170 valence electrons. The zero-order chi connectivity index (χ0) is 22.7. The van der Waals surface area contributed by atoms with Crippen LogP contribution in [-0.4, -0.2) is 54.5 Å². The number of hydrogen-bond donors (Lipinski definition) is 1. The number of sulfonamides is 1. The van der Waals surface area contributed by atoms with Gasteiger partial charge in [0.1, 0.15) is 5.82 Å². The second-order valence-electron chi connectivity index (χ2n) is 7.85. The van der Waals surface area contributed by atoms with Gasteiger partial charge in [-0.1, -0.05) is 19.1 Å². The van der Waals surface area contributed by atoms with Crippen molar-refractivity contribution in [1.82, 2.24) is 13.9 Å². The summed E-state index contributed by atoms with van der Waals surface area (Å²) >= 11 is 0. The number of imidazole rings is 1. The average molecular weight is 457 g/mol. The molecule has 8 nitrogen and oxygen atoms in total. The minimum absolute atomic E-state index is 0.0862. The first-order valence-electron chi connectivity index (χ1n) is 10.8. The van der Waals surface area contributed by atoms with Crippen LogP contribution in [0.5, 0.6) is 0 Å². The molecule has 2 aromatic carbocycles. The summed E-state index contributed by atoms with van der Waals surface area (Å²) in [5, 5.41) is 2.91. The van der Waals surface area contributed by atoms with Crippen molar-refractivity contribution in [2.24, 2.45) is 7.05 Å². The van der Waals surface area contributed by atoms with E-state index >= 15 is 0 Å². The van der Waals surface area contributed by atoms with Gasteiger partial charge in [-0.05, 0) is 42.3 Å². The number of rotatable bonds is 7. The number of carbonyl (C=O) groups is 1. The Morgan fingerprint density at radius 2 is 1.84 bits per heavy atom. The lowest BCUT2D eigenvalue weighted by Gasteiger charge is -2.26. The molecule has 32 heavy (non-hydrogen) atoms. The predicted molar refractivity (Wildman–Crippen MR) is 123 cm³/mol. The van der Waals surface area contributed by atoms with E-state index in [2.05, 4.69) is 17.2 Å². The second-order valence-corrected chi connectivity index (χ2v) is 9.79. The van der Waals surface area contributed by atoms with Crippen molar-refractivity contribution < 1.29 is 17.9 Å². The van der Waals surface area contributed by atoms with Gasteiger partial charge in [0.05, 0.1) is 29.1 Å². The number of nitrogens with zero attached hydrogens (tertiary/aromatic N) is 3. The summed E-state index contributed by atoms with van der Waals surface area (Å²) in [6.07, 6.45) is 1.69. The van der Waals surface area contributed by atoms with Gasteiger partial charge >= 0.3 is 0 Å². The Morgan fingerprint density at radius 1 is 1.12 bits per heavy atom. The topological polar surface area (TPSA) is 93.5 Å². The van der Waals surface area contributed by atoms with Crippen molar-refractivity contribution in [2.45, 2.75) is 31.1 Å². The van der Waals surface area contributed by atoms with Crippen molar-refractivity contribution in [1.29, 1.82) is 0 Å². The third-order valence-corrected chi connectivity index (χ3v) is 7.67. The molecule has 0 saturated carbocycles. The van der Waals surface area contributed by atoms with E-state index in [0.29, 0.717) is 38.2 Å². The molecule has 0 aliphatic carbocycles. The maximum absolute atomic E-state index is 12.9. The summed E-state index contributed by atoms with van der Waals surface area (Å²) in [4.78, 5) is 17.2. The standard InChI is InChI=1S/C23H28N4O4S/c1-3-17-4-6-18(7-5-17)24-23(28)11-10-22-25-20-16-19(8-9-21(20)26(22)2)32(29,30)27-12-14-31-15-13-27/h4-9,16H,3,10-15H2,1-2H3,(H,24,28). The van der Waals surface area contributed by atoms with Gasteiger partial charge < -0.3 is 14.6 Å². The van der Waals surface area contributed by atoms with Crippen molar-refractivity contribution in [3.05, 3.63) is 53.9 Å². The fraction of sp³-hybridized carbons (Fsp3) is 0.391. The first-order chi connectivity index (χ1) is 15.4. The number of carbonyl (C=O) groups excluding carboxylic acids is 1. The minimum Gasteiger partial charge on any atom is -0.379 e. The van der Waals surface area contributed by atoms with Gasteiger partial charge in [0.25, 0.3) is 0 Å². The fourth-order valence-corrected chi connectivity index (χ4v) is 5.25. The van der Waals surface area contributed by atoms with E-state index in [0.717, 1.165) is 23.4 Å². The number of hydrogen-bond acceptors (Lipinski definition) is 5. The van der Waals surface area contributed by atoms with Crippen molar-refractivity contribution in [3.8, 4) is 0 Å². The van der Waals surface area contributed by atoms with Crippen LogP contribution >= 0.6 is 0 Å². The van der Waals surface area contributed by atoms with E-state index in [-0.39, 0.29) is 17.2 Å². The quantitative estimate of drug-likeness (QED) is 0.590. The first-order valence-corrected chi connectivity index (χ1v) is 12.2. The summed E-state index contributed by atoms with van der Waals surface area (Å²) < 4.78 is 34.5. The molecule has 2 heterocycles. The Morgan fingerprint density at radius 3 is 2.53 bits per heavy atom. The third-order valence-electron chi connectivity index (χ3n) is 5.77. The van der Waals surface area contributed by atoms with Gasteiger partial charge in [0, 0.05) is 38.7 Å². The number of benzene rings is 2. The summed E-state index contributed by atoms with van der Waals surface area (Å²) in [6.45, 7) is 3.60. The first kappa shape index (κ1) is 22.4. The fourth-order valence-electron chi connectivity index (χ4n) is 3.82. The zero-order valence-corrected chi connectivity index (χ0v) is 19.2. The normalized spacial score (nSPS) is 15.2. The van der Waals surface area contributed by atoms with Gasteiger partial charge in [0.15, 0.2) is 0 Å². The number of morpholine rings is 1. The molecule has 1 aliphatic heterocycles. The summed E-state index contributed by atoms with van der Waals surface area (Å²) in [5.74, 6) is 0.647. The highest BCUT2D eigenvalue weighted by atomic mass is 32.2. The lowest BCUT2D eigenvalue weighted by molar-refractivity contribution is -0.116. The molecule has 4 rings (SSSR count). The summed E-state index contributed by atoms with van der Waals surface area (Å²) in [7, 11) is -1.71. The molecule has 1 fully saturated rings. The Bertz CT molecular complexity index is 1210. The Labute approximate surface area is 188 Å². The van der Waals surface area contributed by atoms with Crippen molar-refractivity contribution in [2.75, 3.05) is 31.6 Å². The van der Waals surface area contributed by atoms with E-state index in [4.69, 9.17) is 4.74 Å². The minimum atomic E-state index is -3.58. The van der Waals surface area contributed by atoms with Crippen LogP contribution in [0.3, 0.4) is 0 Å². The van der Waals surface area contributed by atoms with E-state index < -0.39 is 10.0 Å². The van der Waals surface area contributed by atoms with Gasteiger partial charge in [-0.25, -0.2) is 13.4 Å². The molecular weight excluding hydrogens is 428 g/mol. The summed E-state index contributed by atoms with van der Waals surface area (Å²) in [6, 6.07) is 12.8. The van der Waals surface area contributed by atoms with Crippen LogP contribution in [0.2, 0.25) is 0 Å². The molecule has 9 heteroatoms. The maximum atomic E-state index is 12.9. The highest BCUT2D eigenvalue weighted by molar-refractivity contribution is 7.89. The molecule has 0 radical (unpaired) electrons. The smallest absolute Gasteiger partial charge is 0.243 e.